The van der Waals surface area contributed by atoms with Crippen molar-refractivity contribution in [1.29, 1.82) is 0 Å². The molecule has 1 saturated heterocycles. The summed E-state index contributed by atoms with van der Waals surface area (Å²) in [6, 6.07) is 11.2. The van der Waals surface area contributed by atoms with Crippen LogP contribution in [0.15, 0.2) is 42.5 Å². The highest BCUT2D eigenvalue weighted by molar-refractivity contribution is 7.88. The third kappa shape index (κ3) is 4.07. The Bertz CT molecular complexity index is 1410. The van der Waals surface area contributed by atoms with Gasteiger partial charge in [-0.3, -0.25) is 4.79 Å². The van der Waals surface area contributed by atoms with Crippen molar-refractivity contribution in [3.8, 4) is 5.75 Å². The first-order chi connectivity index (χ1) is 17.2. The van der Waals surface area contributed by atoms with Gasteiger partial charge in [0.25, 0.3) is 0 Å². The molecular weight excluding hydrogens is 485 g/mol. The molecule has 10 heteroatoms. The molecule has 3 aromatic rings. The molecule has 0 bridgehead atoms. The molecule has 0 radical (unpaired) electrons. The second-order valence-electron chi connectivity index (χ2n) is 9.70. The number of aliphatic hydroxyl groups is 1. The molecule has 0 unspecified atom stereocenters. The lowest BCUT2D eigenvalue weighted by atomic mass is 9.68. The Kier molecular flexibility index (Phi) is 6.30. The first-order valence-electron chi connectivity index (χ1n) is 12.0. The maximum absolute atomic E-state index is 14.1. The van der Waals surface area contributed by atoms with Gasteiger partial charge in [0.15, 0.2) is 0 Å². The number of sulfonamides is 1. The number of methoxy groups -OCH3 is 1. The molecule has 1 aromatic heterocycles. The van der Waals surface area contributed by atoms with E-state index in [-0.39, 0.29) is 31.2 Å². The SMILES string of the molecule is COc1ccc2c3c([nH]c2c1)[C@H](CO)N(C(C)=O)CC31CCN(S(=O)(=O)Cc2ccccc2F)CC1. The topological polar surface area (TPSA) is 103 Å². The van der Waals surface area contributed by atoms with Crippen LogP contribution >= 0.6 is 0 Å². The summed E-state index contributed by atoms with van der Waals surface area (Å²) in [5, 5.41) is 11.2. The molecule has 2 aliphatic heterocycles. The van der Waals surface area contributed by atoms with E-state index in [1.165, 1.54) is 29.4 Å². The van der Waals surface area contributed by atoms with E-state index in [0.717, 1.165) is 22.2 Å². The van der Waals surface area contributed by atoms with Crippen molar-refractivity contribution in [2.75, 3.05) is 33.4 Å². The number of amides is 1. The highest BCUT2D eigenvalue weighted by Crippen LogP contribution is 2.49. The van der Waals surface area contributed by atoms with Gasteiger partial charge in [0, 0.05) is 60.2 Å². The standard InChI is InChI=1S/C26H30FN3O5S/c1-17(32)30-16-26(24-20-8-7-19(35-2)13-22(20)28-25(24)23(30)14-31)9-11-29(12-10-26)36(33,34)15-18-5-3-4-6-21(18)27/h3-8,13,23,28,31H,9-12,14-16H2,1-2H3/t23-/m0/s1. The second kappa shape index (κ2) is 9.17. The zero-order valence-electron chi connectivity index (χ0n) is 20.3. The van der Waals surface area contributed by atoms with Crippen LogP contribution in [0.3, 0.4) is 0 Å². The Hall–Kier alpha value is -2.95. The van der Waals surface area contributed by atoms with Gasteiger partial charge in [-0.05, 0) is 36.6 Å². The molecule has 2 aromatic carbocycles. The smallest absolute Gasteiger partial charge is 0.220 e. The van der Waals surface area contributed by atoms with Crippen molar-refractivity contribution < 1.29 is 27.4 Å². The Balaban J connectivity index is 1.51. The summed E-state index contributed by atoms with van der Waals surface area (Å²) in [6.07, 6.45) is 0.995. The molecule has 5 rings (SSSR count). The lowest BCUT2D eigenvalue weighted by Gasteiger charge is -2.49. The van der Waals surface area contributed by atoms with E-state index in [1.807, 2.05) is 18.2 Å². The fraction of sp³-hybridized carbons (Fsp3) is 0.423. The number of benzene rings is 2. The Labute approximate surface area is 209 Å². The molecule has 1 amide bonds. The first kappa shape index (κ1) is 24.7. The molecule has 192 valence electrons. The molecule has 0 saturated carbocycles. The van der Waals surface area contributed by atoms with Crippen molar-refractivity contribution in [2.24, 2.45) is 0 Å². The summed E-state index contributed by atoms with van der Waals surface area (Å²) >= 11 is 0. The van der Waals surface area contributed by atoms with Crippen molar-refractivity contribution in [1.82, 2.24) is 14.2 Å². The summed E-state index contributed by atoms with van der Waals surface area (Å²) in [7, 11) is -2.13. The van der Waals surface area contributed by atoms with Gasteiger partial charge in [0.1, 0.15) is 11.6 Å². The number of aromatic nitrogens is 1. The summed E-state index contributed by atoms with van der Waals surface area (Å²) in [5.41, 5.74) is 2.32. The highest BCUT2D eigenvalue weighted by Gasteiger charge is 2.49. The Morgan fingerprint density at radius 3 is 2.58 bits per heavy atom. The molecule has 0 aliphatic carbocycles. The second-order valence-corrected chi connectivity index (χ2v) is 11.7. The number of carbonyl (C=O) groups is 1. The first-order valence-corrected chi connectivity index (χ1v) is 13.6. The zero-order valence-corrected chi connectivity index (χ0v) is 21.1. The number of nitrogens with one attached hydrogen (secondary N) is 1. The van der Waals surface area contributed by atoms with Gasteiger partial charge < -0.3 is 19.7 Å². The number of carbonyl (C=O) groups excluding carboxylic acids is 1. The number of piperidine rings is 1. The number of hydrogen-bond acceptors (Lipinski definition) is 5. The predicted octanol–water partition coefficient (Wildman–Crippen LogP) is 3.07. The molecule has 1 spiro atoms. The van der Waals surface area contributed by atoms with Crippen LogP contribution in [-0.4, -0.2) is 67.0 Å². The quantitative estimate of drug-likeness (QED) is 0.544. The van der Waals surface area contributed by atoms with Crippen LogP contribution in [0, 0.1) is 5.82 Å². The largest absolute Gasteiger partial charge is 0.497 e. The summed E-state index contributed by atoms with van der Waals surface area (Å²) < 4.78 is 47.3. The maximum Gasteiger partial charge on any atom is 0.220 e. The van der Waals surface area contributed by atoms with Crippen LogP contribution in [0.5, 0.6) is 5.75 Å². The minimum atomic E-state index is -3.73. The van der Waals surface area contributed by atoms with E-state index in [2.05, 4.69) is 4.98 Å². The number of fused-ring (bicyclic) bond motifs is 4. The summed E-state index contributed by atoms with van der Waals surface area (Å²) in [4.78, 5) is 17.7. The van der Waals surface area contributed by atoms with Gasteiger partial charge in [-0.25, -0.2) is 17.1 Å². The van der Waals surface area contributed by atoms with Crippen molar-refractivity contribution in [3.05, 3.63) is 65.1 Å². The minimum absolute atomic E-state index is 0.148. The predicted molar refractivity (Wildman–Crippen MR) is 134 cm³/mol. The molecule has 1 atom stereocenters. The molecule has 2 N–H and O–H groups in total. The van der Waals surface area contributed by atoms with Gasteiger partial charge in [-0.15, -0.1) is 0 Å². The molecule has 36 heavy (non-hydrogen) atoms. The number of hydrogen-bond donors (Lipinski definition) is 2. The summed E-state index contributed by atoms with van der Waals surface area (Å²) in [6.45, 7) is 2.17. The number of halogens is 1. The van der Waals surface area contributed by atoms with Crippen molar-refractivity contribution >= 4 is 26.8 Å². The van der Waals surface area contributed by atoms with E-state index in [0.29, 0.717) is 25.1 Å². The highest BCUT2D eigenvalue weighted by atomic mass is 32.2. The minimum Gasteiger partial charge on any atom is -0.497 e. The number of rotatable bonds is 5. The third-order valence-electron chi connectivity index (χ3n) is 7.69. The van der Waals surface area contributed by atoms with E-state index < -0.39 is 33.1 Å². The van der Waals surface area contributed by atoms with Crippen LogP contribution in [0.1, 0.15) is 42.6 Å². The number of ether oxygens (including phenoxy) is 1. The molecule has 3 heterocycles. The fourth-order valence-corrected chi connectivity index (χ4v) is 7.39. The van der Waals surface area contributed by atoms with Gasteiger partial charge in [-0.2, -0.15) is 0 Å². The number of aromatic amines is 1. The molecular formula is C26H30FN3O5S. The van der Waals surface area contributed by atoms with Crippen molar-refractivity contribution in [2.45, 2.75) is 37.0 Å². The van der Waals surface area contributed by atoms with Gasteiger partial charge in [0.2, 0.25) is 15.9 Å². The lowest BCUT2D eigenvalue weighted by molar-refractivity contribution is -0.134. The van der Waals surface area contributed by atoms with E-state index >= 15 is 0 Å². The van der Waals surface area contributed by atoms with E-state index in [9.17, 15) is 22.7 Å². The number of nitrogens with zero attached hydrogens (tertiary/aromatic N) is 2. The Morgan fingerprint density at radius 2 is 1.94 bits per heavy atom. The van der Waals surface area contributed by atoms with Crippen LogP contribution < -0.4 is 4.74 Å². The molecule has 8 nitrogen and oxygen atoms in total. The third-order valence-corrected chi connectivity index (χ3v) is 9.52. The average molecular weight is 516 g/mol. The Morgan fingerprint density at radius 1 is 1.22 bits per heavy atom. The van der Waals surface area contributed by atoms with Crippen LogP contribution in [-0.2, 0) is 26.0 Å². The zero-order chi connectivity index (χ0) is 25.7. The van der Waals surface area contributed by atoms with Crippen LogP contribution in [0.4, 0.5) is 4.39 Å². The van der Waals surface area contributed by atoms with Gasteiger partial charge in [0.05, 0.1) is 25.5 Å². The maximum atomic E-state index is 14.1. The van der Waals surface area contributed by atoms with Crippen molar-refractivity contribution in [3.63, 3.8) is 0 Å². The normalized spacial score (nSPS) is 20.0. The summed E-state index contributed by atoms with van der Waals surface area (Å²) in [5.74, 6) is -0.386. The van der Waals surface area contributed by atoms with Gasteiger partial charge >= 0.3 is 0 Å². The molecule has 2 aliphatic rings. The van der Waals surface area contributed by atoms with Crippen LogP contribution in [0.2, 0.25) is 0 Å². The number of aliphatic hydroxyl groups excluding tert-OH is 1. The molecule has 1 fully saturated rings. The number of H-pyrrole nitrogens is 1. The van der Waals surface area contributed by atoms with E-state index in [1.54, 1.807) is 18.1 Å². The lowest BCUT2D eigenvalue weighted by Crippen LogP contribution is -2.55. The average Bonchev–Trinajstić information content (AvgIpc) is 3.25. The monoisotopic (exact) mass is 515 g/mol. The van der Waals surface area contributed by atoms with Crippen LogP contribution in [0.25, 0.3) is 10.9 Å². The van der Waals surface area contributed by atoms with E-state index in [4.69, 9.17) is 4.74 Å². The fourth-order valence-electron chi connectivity index (χ4n) is 5.84. The van der Waals surface area contributed by atoms with Gasteiger partial charge in [-0.1, -0.05) is 18.2 Å².